The monoisotopic (exact) mass is 278 g/mol. The van der Waals surface area contributed by atoms with Gasteiger partial charge < -0.3 is 4.74 Å². The molecular formula is C16H26N2O2. The van der Waals surface area contributed by atoms with Gasteiger partial charge in [0, 0.05) is 0 Å². The van der Waals surface area contributed by atoms with E-state index in [1.165, 1.54) is 11.1 Å². The van der Waals surface area contributed by atoms with Gasteiger partial charge in [0.15, 0.2) is 6.61 Å². The molecule has 0 aromatic heterocycles. The first-order chi connectivity index (χ1) is 9.04. The van der Waals surface area contributed by atoms with Crippen LogP contribution in [0, 0.1) is 0 Å². The van der Waals surface area contributed by atoms with Crippen LogP contribution in [0.3, 0.4) is 0 Å². The van der Waals surface area contributed by atoms with Crippen LogP contribution in [0.4, 0.5) is 0 Å². The zero-order chi connectivity index (χ0) is 15.6. The molecule has 4 nitrogen and oxygen atoms in total. The second-order valence-corrected chi connectivity index (χ2v) is 7.10. The van der Waals surface area contributed by atoms with Crippen LogP contribution in [-0.2, 0) is 15.6 Å². The van der Waals surface area contributed by atoms with E-state index >= 15 is 0 Å². The van der Waals surface area contributed by atoms with Crippen LogP contribution in [0.1, 0.15) is 52.7 Å². The zero-order valence-corrected chi connectivity index (χ0v) is 13.3. The Bertz CT molecular complexity index is 450. The van der Waals surface area contributed by atoms with E-state index in [4.69, 9.17) is 10.6 Å². The number of carbonyl (C=O) groups excluding carboxylic acids is 1. The van der Waals surface area contributed by atoms with E-state index in [0.29, 0.717) is 5.75 Å². The first-order valence-corrected chi connectivity index (χ1v) is 6.82. The lowest BCUT2D eigenvalue weighted by Crippen LogP contribution is -2.34. The fraction of sp³-hybridized carbons (Fsp3) is 0.562. The number of nitrogens with one attached hydrogen (secondary N) is 1. The lowest BCUT2D eigenvalue weighted by molar-refractivity contribution is -0.123. The van der Waals surface area contributed by atoms with Crippen LogP contribution in [0.15, 0.2) is 18.2 Å². The molecule has 0 radical (unpaired) electrons. The highest BCUT2D eigenvalue weighted by Gasteiger charge is 2.21. The summed E-state index contributed by atoms with van der Waals surface area (Å²) < 4.78 is 5.54. The summed E-state index contributed by atoms with van der Waals surface area (Å²) >= 11 is 0. The molecule has 0 saturated heterocycles. The summed E-state index contributed by atoms with van der Waals surface area (Å²) in [7, 11) is 0. The van der Waals surface area contributed by atoms with Gasteiger partial charge >= 0.3 is 0 Å². The Labute approximate surface area is 121 Å². The Balaban J connectivity index is 3.14. The Morgan fingerprint density at radius 1 is 1.05 bits per heavy atom. The maximum atomic E-state index is 11.2. The second-order valence-electron chi connectivity index (χ2n) is 7.10. The van der Waals surface area contributed by atoms with Gasteiger partial charge in [-0.2, -0.15) is 0 Å². The number of carbonyl (C=O) groups is 1. The molecule has 0 heterocycles. The molecule has 4 heteroatoms. The van der Waals surface area contributed by atoms with E-state index in [1.807, 2.05) is 12.1 Å². The molecule has 0 aliphatic carbocycles. The predicted molar refractivity (Wildman–Crippen MR) is 81.7 cm³/mol. The quantitative estimate of drug-likeness (QED) is 0.507. The molecule has 0 spiro atoms. The van der Waals surface area contributed by atoms with Gasteiger partial charge in [-0.1, -0.05) is 47.6 Å². The van der Waals surface area contributed by atoms with Crippen molar-refractivity contribution in [2.45, 2.75) is 52.4 Å². The van der Waals surface area contributed by atoms with Gasteiger partial charge in [-0.05, 0) is 34.1 Å². The standard InChI is InChI=1S/C16H26N2O2/c1-15(2,3)11-7-12(16(4,5)6)9-13(8-11)20-10-14(19)18-17/h7-9H,10,17H2,1-6H3,(H,18,19). The Hall–Kier alpha value is -1.55. The Kier molecular flexibility index (Phi) is 4.81. The molecule has 0 unspecified atom stereocenters. The summed E-state index contributed by atoms with van der Waals surface area (Å²) in [5.74, 6) is 5.41. The van der Waals surface area contributed by atoms with E-state index in [-0.39, 0.29) is 23.3 Å². The third-order valence-corrected chi connectivity index (χ3v) is 3.17. The van der Waals surface area contributed by atoms with E-state index in [2.05, 4.69) is 53.0 Å². The van der Waals surface area contributed by atoms with Crippen molar-refractivity contribution in [3.05, 3.63) is 29.3 Å². The third-order valence-electron chi connectivity index (χ3n) is 3.17. The summed E-state index contributed by atoms with van der Waals surface area (Å²) in [6.07, 6.45) is 0. The Morgan fingerprint density at radius 3 is 1.85 bits per heavy atom. The maximum absolute atomic E-state index is 11.2. The molecule has 0 bridgehead atoms. The van der Waals surface area contributed by atoms with Gasteiger partial charge in [-0.3, -0.25) is 10.2 Å². The average Bonchev–Trinajstić information content (AvgIpc) is 2.33. The van der Waals surface area contributed by atoms with Gasteiger partial charge in [0.25, 0.3) is 5.91 Å². The highest BCUT2D eigenvalue weighted by Crippen LogP contribution is 2.32. The summed E-state index contributed by atoms with van der Waals surface area (Å²) in [6.45, 7) is 12.9. The highest BCUT2D eigenvalue weighted by atomic mass is 16.5. The van der Waals surface area contributed by atoms with Gasteiger partial charge in [0.05, 0.1) is 0 Å². The van der Waals surface area contributed by atoms with Crippen molar-refractivity contribution >= 4 is 5.91 Å². The zero-order valence-electron chi connectivity index (χ0n) is 13.3. The SMILES string of the molecule is CC(C)(C)c1cc(OCC(=O)NN)cc(C(C)(C)C)c1. The summed E-state index contributed by atoms with van der Waals surface area (Å²) in [5, 5.41) is 0. The van der Waals surface area contributed by atoms with Crippen LogP contribution in [-0.4, -0.2) is 12.5 Å². The Morgan fingerprint density at radius 2 is 1.50 bits per heavy atom. The van der Waals surface area contributed by atoms with Crippen molar-refractivity contribution in [3.8, 4) is 5.75 Å². The lowest BCUT2D eigenvalue weighted by atomic mass is 9.80. The van der Waals surface area contributed by atoms with Crippen LogP contribution in [0.5, 0.6) is 5.75 Å². The van der Waals surface area contributed by atoms with Gasteiger partial charge in [-0.15, -0.1) is 0 Å². The predicted octanol–water partition coefficient (Wildman–Crippen LogP) is 2.65. The van der Waals surface area contributed by atoms with Crippen LogP contribution in [0.25, 0.3) is 0 Å². The summed E-state index contributed by atoms with van der Waals surface area (Å²) in [6, 6.07) is 6.17. The number of amides is 1. The average molecular weight is 278 g/mol. The number of nitrogens with two attached hydrogens (primary N) is 1. The number of rotatable bonds is 3. The smallest absolute Gasteiger partial charge is 0.271 e. The number of hydrogen-bond donors (Lipinski definition) is 2. The molecule has 0 aliphatic heterocycles. The van der Waals surface area contributed by atoms with E-state index < -0.39 is 0 Å². The second kappa shape index (κ2) is 5.83. The molecule has 0 atom stereocenters. The summed E-state index contributed by atoms with van der Waals surface area (Å²) in [4.78, 5) is 11.2. The first-order valence-electron chi connectivity index (χ1n) is 6.82. The molecular weight excluding hydrogens is 252 g/mol. The number of ether oxygens (including phenoxy) is 1. The van der Waals surface area contributed by atoms with Crippen molar-refractivity contribution < 1.29 is 9.53 Å². The van der Waals surface area contributed by atoms with E-state index in [1.54, 1.807) is 0 Å². The normalized spacial score (nSPS) is 12.2. The molecule has 3 N–H and O–H groups in total. The highest BCUT2D eigenvalue weighted by molar-refractivity contribution is 5.76. The van der Waals surface area contributed by atoms with Gasteiger partial charge in [0.2, 0.25) is 0 Å². The van der Waals surface area contributed by atoms with E-state index in [0.717, 1.165) is 0 Å². The fourth-order valence-corrected chi connectivity index (χ4v) is 1.74. The van der Waals surface area contributed by atoms with Crippen molar-refractivity contribution in [1.29, 1.82) is 0 Å². The molecule has 20 heavy (non-hydrogen) atoms. The van der Waals surface area contributed by atoms with Crippen molar-refractivity contribution in [2.75, 3.05) is 6.61 Å². The van der Waals surface area contributed by atoms with Crippen LogP contribution in [0.2, 0.25) is 0 Å². The fourth-order valence-electron chi connectivity index (χ4n) is 1.74. The minimum absolute atomic E-state index is 0.0233. The molecule has 0 fully saturated rings. The first kappa shape index (κ1) is 16.5. The number of hydrogen-bond acceptors (Lipinski definition) is 3. The van der Waals surface area contributed by atoms with Crippen molar-refractivity contribution in [3.63, 3.8) is 0 Å². The van der Waals surface area contributed by atoms with Crippen LogP contribution >= 0.6 is 0 Å². The molecule has 1 aromatic carbocycles. The number of benzene rings is 1. The number of hydrazine groups is 1. The van der Waals surface area contributed by atoms with Crippen LogP contribution < -0.4 is 16.0 Å². The molecule has 1 amide bonds. The summed E-state index contributed by atoms with van der Waals surface area (Å²) in [5.41, 5.74) is 4.48. The van der Waals surface area contributed by atoms with Crippen molar-refractivity contribution in [2.24, 2.45) is 5.84 Å². The van der Waals surface area contributed by atoms with Gasteiger partial charge in [-0.25, -0.2) is 5.84 Å². The minimum atomic E-state index is -0.344. The largest absolute Gasteiger partial charge is 0.484 e. The third kappa shape index (κ3) is 4.53. The van der Waals surface area contributed by atoms with Gasteiger partial charge in [0.1, 0.15) is 5.75 Å². The minimum Gasteiger partial charge on any atom is -0.484 e. The molecule has 0 saturated carbocycles. The molecule has 1 aromatic rings. The maximum Gasteiger partial charge on any atom is 0.271 e. The molecule has 0 aliphatic rings. The lowest BCUT2D eigenvalue weighted by Gasteiger charge is -2.26. The topological polar surface area (TPSA) is 64.3 Å². The molecule has 1 rings (SSSR count). The van der Waals surface area contributed by atoms with E-state index in [9.17, 15) is 4.79 Å². The molecule has 112 valence electrons. The van der Waals surface area contributed by atoms with Crippen molar-refractivity contribution in [1.82, 2.24) is 5.43 Å².